The fourth-order valence-corrected chi connectivity index (χ4v) is 3.36. The fraction of sp³-hybridized carbons (Fsp3) is 0.368. The normalized spacial score (nSPS) is 22.0. The Balaban J connectivity index is 1.43. The van der Waals surface area contributed by atoms with E-state index in [1.807, 2.05) is 30.3 Å². The Kier molecular flexibility index (Phi) is 4.17. The predicted octanol–water partition coefficient (Wildman–Crippen LogP) is 2.00. The van der Waals surface area contributed by atoms with Crippen molar-refractivity contribution < 1.29 is 14.3 Å². The number of amides is 1. The molecule has 2 atom stereocenters. The minimum absolute atomic E-state index is 0.0372. The van der Waals surface area contributed by atoms with E-state index in [2.05, 4.69) is 10.3 Å². The van der Waals surface area contributed by atoms with Crippen LogP contribution in [-0.2, 0) is 17.6 Å². The van der Waals surface area contributed by atoms with E-state index in [1.54, 1.807) is 12.4 Å². The lowest BCUT2D eigenvalue weighted by Crippen LogP contribution is -2.40. The van der Waals surface area contributed by atoms with E-state index in [9.17, 15) is 4.79 Å². The van der Waals surface area contributed by atoms with Gasteiger partial charge in [0.1, 0.15) is 5.75 Å². The molecule has 1 aromatic carbocycles. The Bertz CT molecular complexity index is 733. The van der Waals surface area contributed by atoms with Gasteiger partial charge in [0.2, 0.25) is 0 Å². The van der Waals surface area contributed by atoms with Crippen LogP contribution in [0, 0.1) is 5.92 Å². The van der Waals surface area contributed by atoms with Crippen molar-refractivity contribution in [2.45, 2.75) is 18.9 Å². The topological polar surface area (TPSA) is 60.5 Å². The van der Waals surface area contributed by atoms with Crippen molar-refractivity contribution in [2.75, 3.05) is 19.8 Å². The number of hydrogen-bond donors (Lipinski definition) is 1. The van der Waals surface area contributed by atoms with Gasteiger partial charge in [0, 0.05) is 30.3 Å². The smallest absolute Gasteiger partial charge is 0.251 e. The van der Waals surface area contributed by atoms with Crippen LogP contribution >= 0.6 is 0 Å². The number of nitrogens with one attached hydrogen (secondary N) is 1. The molecule has 0 unspecified atom stereocenters. The zero-order valence-electron chi connectivity index (χ0n) is 13.4. The average Bonchev–Trinajstić information content (AvgIpc) is 3.24. The van der Waals surface area contributed by atoms with Gasteiger partial charge in [-0.05, 0) is 47.9 Å². The Morgan fingerprint density at radius 2 is 2.08 bits per heavy atom. The molecule has 0 radical (unpaired) electrons. The Labute approximate surface area is 141 Å². The second-order valence-electron chi connectivity index (χ2n) is 6.36. The van der Waals surface area contributed by atoms with E-state index in [0.717, 1.165) is 24.2 Å². The molecule has 0 saturated carbocycles. The third-order valence-corrected chi connectivity index (χ3v) is 4.71. The quantitative estimate of drug-likeness (QED) is 0.934. The summed E-state index contributed by atoms with van der Waals surface area (Å²) in [5.41, 5.74) is 3.02. The maximum Gasteiger partial charge on any atom is 0.251 e. The molecule has 1 fully saturated rings. The van der Waals surface area contributed by atoms with Gasteiger partial charge < -0.3 is 14.8 Å². The largest absolute Gasteiger partial charge is 0.493 e. The van der Waals surface area contributed by atoms with Gasteiger partial charge >= 0.3 is 0 Å². The van der Waals surface area contributed by atoms with Crippen molar-refractivity contribution in [1.82, 2.24) is 10.3 Å². The standard InChI is InChI=1S/C19H20N2O3/c22-19(15-1-2-18-14(10-15)5-8-24-18)21-17-12-23-11-16(17)9-13-3-6-20-7-4-13/h1-4,6-7,10,16-17H,5,8-9,11-12H2,(H,21,22)/t16-,17+/m1/s1. The summed E-state index contributed by atoms with van der Waals surface area (Å²) < 4.78 is 11.1. The SMILES string of the molecule is O=C(N[C@H]1COC[C@H]1Cc1ccncc1)c1ccc2c(c1)CCO2. The molecule has 1 N–H and O–H groups in total. The monoisotopic (exact) mass is 324 g/mol. The fourth-order valence-electron chi connectivity index (χ4n) is 3.36. The van der Waals surface area contributed by atoms with Crippen LogP contribution in [0.3, 0.4) is 0 Å². The van der Waals surface area contributed by atoms with E-state index in [0.29, 0.717) is 25.4 Å². The summed E-state index contributed by atoms with van der Waals surface area (Å²) in [7, 11) is 0. The highest BCUT2D eigenvalue weighted by Crippen LogP contribution is 2.26. The lowest BCUT2D eigenvalue weighted by atomic mass is 9.95. The molecule has 5 nitrogen and oxygen atoms in total. The van der Waals surface area contributed by atoms with E-state index in [4.69, 9.17) is 9.47 Å². The Morgan fingerprint density at radius 3 is 2.96 bits per heavy atom. The summed E-state index contributed by atoms with van der Waals surface area (Å²) in [6, 6.07) is 9.71. The lowest BCUT2D eigenvalue weighted by Gasteiger charge is -2.19. The number of hydrogen-bond acceptors (Lipinski definition) is 4. The number of pyridine rings is 1. The molecule has 3 heterocycles. The number of carbonyl (C=O) groups is 1. The first-order chi connectivity index (χ1) is 11.8. The molecule has 2 aromatic rings. The number of ether oxygens (including phenoxy) is 2. The molecule has 124 valence electrons. The highest BCUT2D eigenvalue weighted by molar-refractivity contribution is 5.94. The van der Waals surface area contributed by atoms with Crippen molar-refractivity contribution in [3.63, 3.8) is 0 Å². The van der Waals surface area contributed by atoms with Gasteiger partial charge in [-0.2, -0.15) is 0 Å². The first-order valence-electron chi connectivity index (χ1n) is 8.33. The summed E-state index contributed by atoms with van der Waals surface area (Å²) in [5.74, 6) is 1.14. The van der Waals surface area contributed by atoms with Crippen molar-refractivity contribution in [1.29, 1.82) is 0 Å². The predicted molar refractivity (Wildman–Crippen MR) is 89.1 cm³/mol. The highest BCUT2D eigenvalue weighted by atomic mass is 16.5. The van der Waals surface area contributed by atoms with Gasteiger partial charge in [-0.15, -0.1) is 0 Å². The molecule has 4 rings (SSSR count). The molecule has 5 heteroatoms. The molecular formula is C19H20N2O3. The van der Waals surface area contributed by atoms with E-state index in [-0.39, 0.29) is 17.9 Å². The molecule has 24 heavy (non-hydrogen) atoms. The van der Waals surface area contributed by atoms with E-state index >= 15 is 0 Å². The molecule has 0 bridgehead atoms. The van der Waals surface area contributed by atoms with Crippen molar-refractivity contribution in [3.8, 4) is 5.75 Å². The number of carbonyl (C=O) groups excluding carboxylic acids is 1. The maximum atomic E-state index is 12.6. The van der Waals surface area contributed by atoms with Crippen LogP contribution in [0.15, 0.2) is 42.7 Å². The number of aromatic nitrogens is 1. The molecule has 2 aliphatic heterocycles. The van der Waals surface area contributed by atoms with Gasteiger partial charge in [0.15, 0.2) is 0 Å². The third-order valence-electron chi connectivity index (χ3n) is 4.71. The highest BCUT2D eigenvalue weighted by Gasteiger charge is 2.30. The van der Waals surface area contributed by atoms with Crippen LogP contribution in [-0.4, -0.2) is 36.8 Å². The van der Waals surface area contributed by atoms with E-state index in [1.165, 1.54) is 5.56 Å². The molecule has 0 aliphatic carbocycles. The Hall–Kier alpha value is -2.40. The molecule has 2 aliphatic rings. The first-order valence-corrected chi connectivity index (χ1v) is 8.33. The van der Waals surface area contributed by atoms with Crippen molar-refractivity contribution in [2.24, 2.45) is 5.92 Å². The van der Waals surface area contributed by atoms with Gasteiger partial charge in [0.05, 0.1) is 25.9 Å². The Morgan fingerprint density at radius 1 is 1.21 bits per heavy atom. The number of nitrogens with zero attached hydrogens (tertiary/aromatic N) is 1. The van der Waals surface area contributed by atoms with E-state index < -0.39 is 0 Å². The minimum atomic E-state index is -0.0417. The zero-order chi connectivity index (χ0) is 16.4. The maximum absolute atomic E-state index is 12.6. The van der Waals surface area contributed by atoms with Crippen molar-refractivity contribution >= 4 is 5.91 Å². The lowest BCUT2D eigenvalue weighted by molar-refractivity contribution is 0.0925. The van der Waals surface area contributed by atoms with Gasteiger partial charge in [-0.1, -0.05) is 0 Å². The first kappa shape index (κ1) is 15.1. The summed E-state index contributed by atoms with van der Waals surface area (Å²) in [6.07, 6.45) is 5.34. The number of rotatable bonds is 4. The van der Waals surface area contributed by atoms with Crippen LogP contribution in [0.5, 0.6) is 5.75 Å². The summed E-state index contributed by atoms with van der Waals surface area (Å²) >= 11 is 0. The molecular weight excluding hydrogens is 304 g/mol. The molecule has 1 amide bonds. The second-order valence-corrected chi connectivity index (χ2v) is 6.36. The molecule has 0 spiro atoms. The van der Waals surface area contributed by atoms with Crippen LogP contribution in [0.2, 0.25) is 0 Å². The van der Waals surface area contributed by atoms with Gasteiger partial charge in [0.25, 0.3) is 5.91 Å². The summed E-state index contributed by atoms with van der Waals surface area (Å²) in [4.78, 5) is 16.6. The molecule has 1 aromatic heterocycles. The zero-order valence-corrected chi connectivity index (χ0v) is 13.4. The number of benzene rings is 1. The summed E-state index contributed by atoms with van der Waals surface area (Å²) in [5, 5.41) is 3.14. The van der Waals surface area contributed by atoms with Gasteiger partial charge in [-0.3, -0.25) is 9.78 Å². The van der Waals surface area contributed by atoms with Crippen LogP contribution in [0.1, 0.15) is 21.5 Å². The third kappa shape index (κ3) is 3.12. The average molecular weight is 324 g/mol. The summed E-state index contributed by atoms with van der Waals surface area (Å²) in [6.45, 7) is 1.94. The van der Waals surface area contributed by atoms with Crippen LogP contribution in [0.4, 0.5) is 0 Å². The van der Waals surface area contributed by atoms with Crippen LogP contribution in [0.25, 0.3) is 0 Å². The van der Waals surface area contributed by atoms with Crippen molar-refractivity contribution in [3.05, 3.63) is 59.4 Å². The minimum Gasteiger partial charge on any atom is -0.493 e. The second kappa shape index (κ2) is 6.61. The van der Waals surface area contributed by atoms with Gasteiger partial charge in [-0.25, -0.2) is 0 Å². The van der Waals surface area contributed by atoms with Crippen LogP contribution < -0.4 is 10.1 Å². The molecule has 1 saturated heterocycles. The number of fused-ring (bicyclic) bond motifs is 1.